The van der Waals surface area contributed by atoms with E-state index in [9.17, 15) is 9.90 Å². The molecule has 0 bridgehead atoms. The van der Waals surface area contributed by atoms with Crippen LogP contribution in [0.4, 0.5) is 0 Å². The second-order valence-corrected chi connectivity index (χ2v) is 8.20. The highest BCUT2D eigenvalue weighted by atomic mass is 16.5. The van der Waals surface area contributed by atoms with Crippen molar-refractivity contribution in [3.05, 3.63) is 12.2 Å². The molecule has 0 aliphatic heterocycles. The molecule has 1 aliphatic carbocycles. The maximum Gasteiger partial charge on any atom is 0.305 e. The predicted octanol–water partition coefficient (Wildman–Crippen LogP) is 6.73. The van der Waals surface area contributed by atoms with Crippen molar-refractivity contribution in [2.24, 2.45) is 5.92 Å². The molecule has 158 valence electrons. The molecule has 27 heavy (non-hydrogen) atoms. The van der Waals surface area contributed by atoms with Gasteiger partial charge in [0.2, 0.25) is 0 Å². The molecule has 0 unspecified atom stereocenters. The zero-order valence-electron chi connectivity index (χ0n) is 17.8. The van der Waals surface area contributed by atoms with Crippen molar-refractivity contribution in [2.45, 2.75) is 122 Å². The number of unbranched alkanes of at least 4 members (excludes halogenated alkanes) is 10. The smallest absolute Gasteiger partial charge is 0.305 e. The van der Waals surface area contributed by atoms with Gasteiger partial charge >= 0.3 is 5.97 Å². The first-order valence-electron chi connectivity index (χ1n) is 11.7. The maximum absolute atomic E-state index is 11.2. The van der Waals surface area contributed by atoms with Gasteiger partial charge in [-0.3, -0.25) is 4.79 Å². The molecule has 0 saturated heterocycles. The first-order chi connectivity index (χ1) is 13.2. The molecule has 1 N–H and O–H groups in total. The van der Waals surface area contributed by atoms with E-state index in [0.717, 1.165) is 19.3 Å². The standard InChI is InChI=1S/C24H44O3/c1-2-27-24(26)21-17-12-10-8-6-4-3-5-7-9-11-16-20-23(25)22-18-14-13-15-19-22/h16,20,22-23,25H,2-15,17-19,21H2,1H3/b20-16-/t23-/m0/s1. The number of allylic oxidation sites excluding steroid dienone is 1. The van der Waals surface area contributed by atoms with Gasteiger partial charge in [-0.05, 0) is 44.9 Å². The molecule has 0 aromatic rings. The largest absolute Gasteiger partial charge is 0.466 e. The number of aliphatic hydroxyl groups excluding tert-OH is 1. The second kappa shape index (κ2) is 17.3. The van der Waals surface area contributed by atoms with Gasteiger partial charge in [0.25, 0.3) is 0 Å². The van der Waals surface area contributed by atoms with E-state index >= 15 is 0 Å². The van der Waals surface area contributed by atoms with Gasteiger partial charge in [0.15, 0.2) is 0 Å². The fourth-order valence-electron chi connectivity index (χ4n) is 4.05. The number of aliphatic hydroxyl groups is 1. The fourth-order valence-corrected chi connectivity index (χ4v) is 4.05. The van der Waals surface area contributed by atoms with Crippen LogP contribution in [0.1, 0.15) is 116 Å². The summed E-state index contributed by atoms with van der Waals surface area (Å²) in [6.07, 6.45) is 24.7. The highest BCUT2D eigenvalue weighted by Crippen LogP contribution is 2.27. The van der Waals surface area contributed by atoms with Crippen LogP contribution in [0.2, 0.25) is 0 Å². The maximum atomic E-state index is 11.2. The Kier molecular flexibility index (Phi) is 15.5. The molecule has 0 radical (unpaired) electrons. The summed E-state index contributed by atoms with van der Waals surface area (Å²) in [5.41, 5.74) is 0. The van der Waals surface area contributed by atoms with Gasteiger partial charge in [0.05, 0.1) is 12.7 Å². The van der Waals surface area contributed by atoms with Crippen LogP contribution in [0.5, 0.6) is 0 Å². The molecule has 0 aromatic heterocycles. The van der Waals surface area contributed by atoms with E-state index in [2.05, 4.69) is 12.2 Å². The van der Waals surface area contributed by atoms with E-state index in [0.29, 0.717) is 18.9 Å². The molecule has 0 heterocycles. The van der Waals surface area contributed by atoms with Crippen LogP contribution in [0.25, 0.3) is 0 Å². The summed E-state index contributed by atoms with van der Waals surface area (Å²) in [5, 5.41) is 10.2. The van der Waals surface area contributed by atoms with E-state index < -0.39 is 0 Å². The lowest BCUT2D eigenvalue weighted by Crippen LogP contribution is -2.20. The normalized spacial score (nSPS) is 16.7. The molecule has 1 aliphatic rings. The van der Waals surface area contributed by atoms with Crippen molar-refractivity contribution in [3.63, 3.8) is 0 Å². The number of esters is 1. The third kappa shape index (κ3) is 13.9. The summed E-state index contributed by atoms with van der Waals surface area (Å²) >= 11 is 0. The summed E-state index contributed by atoms with van der Waals surface area (Å²) in [5.74, 6) is 0.469. The molecule has 0 amide bonds. The Morgan fingerprint density at radius 2 is 1.48 bits per heavy atom. The molecule has 0 spiro atoms. The van der Waals surface area contributed by atoms with E-state index in [1.165, 1.54) is 83.5 Å². The molecule has 3 heteroatoms. The van der Waals surface area contributed by atoms with Crippen LogP contribution in [0, 0.1) is 5.92 Å². The summed E-state index contributed by atoms with van der Waals surface area (Å²) in [4.78, 5) is 11.2. The van der Waals surface area contributed by atoms with Gasteiger partial charge in [-0.2, -0.15) is 0 Å². The molecular weight excluding hydrogens is 336 g/mol. The Hall–Kier alpha value is -0.830. The highest BCUT2D eigenvalue weighted by molar-refractivity contribution is 5.69. The second-order valence-electron chi connectivity index (χ2n) is 8.20. The van der Waals surface area contributed by atoms with Crippen molar-refractivity contribution < 1.29 is 14.6 Å². The van der Waals surface area contributed by atoms with Gasteiger partial charge in [0, 0.05) is 6.42 Å². The Bertz CT molecular complexity index is 372. The van der Waals surface area contributed by atoms with Crippen molar-refractivity contribution >= 4 is 5.97 Å². The predicted molar refractivity (Wildman–Crippen MR) is 114 cm³/mol. The van der Waals surface area contributed by atoms with Gasteiger partial charge in [0.1, 0.15) is 0 Å². The summed E-state index contributed by atoms with van der Waals surface area (Å²) in [6.45, 7) is 2.36. The first-order valence-corrected chi connectivity index (χ1v) is 11.7. The zero-order chi connectivity index (χ0) is 19.6. The van der Waals surface area contributed by atoms with E-state index in [4.69, 9.17) is 4.74 Å². The van der Waals surface area contributed by atoms with Gasteiger partial charge < -0.3 is 9.84 Å². The minimum Gasteiger partial charge on any atom is -0.466 e. The number of hydrogen-bond acceptors (Lipinski definition) is 3. The molecule has 0 aromatic carbocycles. The van der Waals surface area contributed by atoms with Gasteiger partial charge in [-0.15, -0.1) is 0 Å². The van der Waals surface area contributed by atoms with Crippen molar-refractivity contribution in [1.82, 2.24) is 0 Å². The van der Waals surface area contributed by atoms with E-state index in [-0.39, 0.29) is 12.1 Å². The molecule has 1 saturated carbocycles. The lowest BCUT2D eigenvalue weighted by Gasteiger charge is -2.24. The number of carbonyl (C=O) groups is 1. The van der Waals surface area contributed by atoms with Crippen LogP contribution in [0.3, 0.4) is 0 Å². The third-order valence-corrected chi connectivity index (χ3v) is 5.77. The summed E-state index contributed by atoms with van der Waals surface area (Å²) < 4.78 is 4.93. The number of ether oxygens (including phenoxy) is 1. The highest BCUT2D eigenvalue weighted by Gasteiger charge is 2.19. The lowest BCUT2D eigenvalue weighted by molar-refractivity contribution is -0.143. The number of carbonyl (C=O) groups excluding carboxylic acids is 1. The average Bonchev–Trinajstić information content (AvgIpc) is 2.69. The van der Waals surface area contributed by atoms with Crippen LogP contribution in [-0.2, 0) is 9.53 Å². The number of hydrogen-bond donors (Lipinski definition) is 1. The Balaban J connectivity index is 1.80. The van der Waals surface area contributed by atoms with Crippen LogP contribution in [0.15, 0.2) is 12.2 Å². The SMILES string of the molecule is CCOC(=O)CCCCCCCCCCCC/C=C\[C@H](O)C1CCCCC1. The number of rotatable bonds is 16. The van der Waals surface area contributed by atoms with Crippen LogP contribution in [-0.4, -0.2) is 23.8 Å². The lowest BCUT2D eigenvalue weighted by atomic mass is 9.85. The van der Waals surface area contributed by atoms with Crippen molar-refractivity contribution in [2.75, 3.05) is 6.61 Å². The molecule has 1 rings (SSSR count). The van der Waals surface area contributed by atoms with E-state index in [1.807, 2.05) is 6.92 Å². The third-order valence-electron chi connectivity index (χ3n) is 5.77. The van der Waals surface area contributed by atoms with Crippen molar-refractivity contribution in [3.8, 4) is 0 Å². The molecule has 1 atom stereocenters. The Labute approximate surface area is 168 Å². The fraction of sp³-hybridized carbons (Fsp3) is 0.875. The topological polar surface area (TPSA) is 46.5 Å². The minimum atomic E-state index is -0.206. The molecule has 1 fully saturated rings. The Morgan fingerprint density at radius 1 is 0.926 bits per heavy atom. The minimum absolute atomic E-state index is 0.0455. The average molecular weight is 381 g/mol. The monoisotopic (exact) mass is 380 g/mol. The molecule has 3 nitrogen and oxygen atoms in total. The Morgan fingerprint density at radius 3 is 2.07 bits per heavy atom. The summed E-state index contributed by atoms with van der Waals surface area (Å²) in [7, 11) is 0. The quantitative estimate of drug-likeness (QED) is 0.183. The zero-order valence-corrected chi connectivity index (χ0v) is 17.8. The van der Waals surface area contributed by atoms with Gasteiger partial charge in [-0.1, -0.05) is 82.8 Å². The summed E-state index contributed by atoms with van der Waals surface area (Å²) in [6, 6.07) is 0. The van der Waals surface area contributed by atoms with Gasteiger partial charge in [-0.25, -0.2) is 0 Å². The van der Waals surface area contributed by atoms with E-state index in [1.54, 1.807) is 0 Å². The molecular formula is C24H44O3. The van der Waals surface area contributed by atoms with Crippen molar-refractivity contribution in [1.29, 1.82) is 0 Å². The first kappa shape index (κ1) is 24.2. The van der Waals surface area contributed by atoms with Crippen LogP contribution >= 0.6 is 0 Å². The van der Waals surface area contributed by atoms with Crippen LogP contribution < -0.4 is 0 Å².